The van der Waals surface area contributed by atoms with E-state index in [1.807, 2.05) is 25.1 Å². The molecule has 1 rings (SSSR count). The van der Waals surface area contributed by atoms with Crippen LogP contribution in [0.15, 0.2) is 30.3 Å². The van der Waals surface area contributed by atoms with Crippen LogP contribution >= 0.6 is 0 Å². The van der Waals surface area contributed by atoms with Gasteiger partial charge in [0.25, 0.3) is 0 Å². The largest absolute Gasteiger partial charge is 0.345 e. The number of rotatable bonds is 8. The zero-order valence-electron chi connectivity index (χ0n) is 13.2. The van der Waals surface area contributed by atoms with E-state index in [-0.39, 0.29) is 24.0 Å². The van der Waals surface area contributed by atoms with Crippen molar-refractivity contribution in [2.75, 3.05) is 11.9 Å². The van der Waals surface area contributed by atoms with Gasteiger partial charge in [-0.1, -0.05) is 25.1 Å². The van der Waals surface area contributed by atoms with Crippen LogP contribution in [0.4, 0.5) is 5.69 Å². The predicted octanol–water partition coefficient (Wildman–Crippen LogP) is 1.09. The second-order valence-corrected chi connectivity index (χ2v) is 5.07. The van der Waals surface area contributed by atoms with Gasteiger partial charge in [-0.2, -0.15) is 0 Å². The van der Waals surface area contributed by atoms with Crippen molar-refractivity contribution in [1.82, 2.24) is 10.6 Å². The summed E-state index contributed by atoms with van der Waals surface area (Å²) in [5, 5.41) is 8.30. The molecule has 2 atom stereocenters. The molecule has 120 valence electrons. The minimum Gasteiger partial charge on any atom is -0.345 e. The Balaban J connectivity index is 2.61. The van der Waals surface area contributed by atoms with Gasteiger partial charge >= 0.3 is 0 Å². The maximum absolute atomic E-state index is 12.1. The number of anilines is 1. The molecule has 0 aliphatic heterocycles. The standard InChI is InChI=1S/C16H23N3O3/c1-4-17-14(16(22)18-11(2)12(3)20)10-15(21)19-13-8-6-5-7-9-13/h5-9,11,14,17H,4,10H2,1-3H3,(H,18,22)(H,19,21)/t11-,14-/m0/s1. The molecule has 2 amide bonds. The molecule has 0 aromatic heterocycles. The SMILES string of the molecule is CCN[C@@H](CC(=O)Nc1ccccc1)C(=O)N[C@@H](C)C(C)=O. The van der Waals surface area contributed by atoms with Crippen molar-refractivity contribution in [2.45, 2.75) is 39.3 Å². The highest BCUT2D eigenvalue weighted by atomic mass is 16.2. The summed E-state index contributed by atoms with van der Waals surface area (Å²) in [4.78, 5) is 35.4. The zero-order valence-corrected chi connectivity index (χ0v) is 13.2. The Morgan fingerprint density at radius 3 is 2.32 bits per heavy atom. The maximum atomic E-state index is 12.1. The topological polar surface area (TPSA) is 87.3 Å². The Hall–Kier alpha value is -2.21. The predicted molar refractivity (Wildman–Crippen MR) is 85.4 cm³/mol. The fraction of sp³-hybridized carbons (Fsp3) is 0.438. The highest BCUT2D eigenvalue weighted by Crippen LogP contribution is 2.06. The third-order valence-corrected chi connectivity index (χ3v) is 3.18. The molecule has 6 heteroatoms. The molecule has 0 radical (unpaired) electrons. The van der Waals surface area contributed by atoms with Gasteiger partial charge in [-0.3, -0.25) is 14.4 Å². The van der Waals surface area contributed by atoms with Crippen molar-refractivity contribution in [3.63, 3.8) is 0 Å². The quantitative estimate of drug-likeness (QED) is 0.671. The number of ketones is 1. The lowest BCUT2D eigenvalue weighted by Gasteiger charge is -2.19. The Kier molecular flexibility index (Phi) is 7.25. The minimum atomic E-state index is -0.671. The molecule has 6 nitrogen and oxygen atoms in total. The molecule has 0 aliphatic carbocycles. The number of hydrogen-bond donors (Lipinski definition) is 3. The summed E-state index contributed by atoms with van der Waals surface area (Å²) in [7, 11) is 0. The number of Topliss-reactive ketones (excluding diaryl/α,β-unsaturated/α-hetero) is 1. The molecule has 0 heterocycles. The van der Waals surface area contributed by atoms with Crippen molar-refractivity contribution in [3.05, 3.63) is 30.3 Å². The van der Waals surface area contributed by atoms with E-state index >= 15 is 0 Å². The van der Waals surface area contributed by atoms with Crippen LogP contribution in [0.25, 0.3) is 0 Å². The van der Waals surface area contributed by atoms with Gasteiger partial charge in [0, 0.05) is 5.69 Å². The van der Waals surface area contributed by atoms with Crippen molar-refractivity contribution in [2.24, 2.45) is 0 Å². The monoisotopic (exact) mass is 305 g/mol. The van der Waals surface area contributed by atoms with Crippen LogP contribution in [0.3, 0.4) is 0 Å². The van der Waals surface area contributed by atoms with Gasteiger partial charge in [0.2, 0.25) is 11.8 Å². The van der Waals surface area contributed by atoms with Crippen LogP contribution in [0, 0.1) is 0 Å². The van der Waals surface area contributed by atoms with Gasteiger partial charge in [-0.15, -0.1) is 0 Å². The molecular weight excluding hydrogens is 282 g/mol. The van der Waals surface area contributed by atoms with Gasteiger partial charge in [0.05, 0.1) is 18.5 Å². The Labute approximate surface area is 130 Å². The van der Waals surface area contributed by atoms with Crippen molar-refractivity contribution in [3.8, 4) is 0 Å². The third-order valence-electron chi connectivity index (χ3n) is 3.18. The van der Waals surface area contributed by atoms with E-state index in [4.69, 9.17) is 0 Å². The Bertz CT molecular complexity index is 517. The molecule has 0 unspecified atom stereocenters. The van der Waals surface area contributed by atoms with Gasteiger partial charge in [-0.05, 0) is 32.5 Å². The van der Waals surface area contributed by atoms with E-state index in [1.54, 1.807) is 19.1 Å². The molecule has 0 bridgehead atoms. The summed E-state index contributed by atoms with van der Waals surface area (Å²) < 4.78 is 0. The number of para-hydroxylation sites is 1. The van der Waals surface area contributed by atoms with Crippen LogP contribution in [0.1, 0.15) is 27.2 Å². The third kappa shape index (κ3) is 6.05. The number of carbonyl (C=O) groups excluding carboxylic acids is 3. The number of likely N-dealkylation sites (N-methyl/N-ethyl adjacent to an activating group) is 1. The Morgan fingerprint density at radius 2 is 1.77 bits per heavy atom. The molecule has 1 aromatic carbocycles. The average molecular weight is 305 g/mol. The van der Waals surface area contributed by atoms with Gasteiger partial charge in [0.1, 0.15) is 0 Å². The highest BCUT2D eigenvalue weighted by Gasteiger charge is 2.23. The lowest BCUT2D eigenvalue weighted by molar-refractivity contribution is -0.129. The van der Waals surface area contributed by atoms with Gasteiger partial charge in [-0.25, -0.2) is 0 Å². The van der Waals surface area contributed by atoms with E-state index < -0.39 is 12.1 Å². The molecule has 0 saturated carbocycles. The molecule has 1 aromatic rings. The summed E-state index contributed by atoms with van der Waals surface area (Å²) in [6, 6.07) is 7.81. The maximum Gasteiger partial charge on any atom is 0.238 e. The second kappa shape index (κ2) is 8.94. The van der Waals surface area contributed by atoms with E-state index in [0.717, 1.165) is 0 Å². The number of benzene rings is 1. The van der Waals surface area contributed by atoms with Crippen molar-refractivity contribution < 1.29 is 14.4 Å². The van der Waals surface area contributed by atoms with E-state index in [9.17, 15) is 14.4 Å². The van der Waals surface area contributed by atoms with Crippen molar-refractivity contribution in [1.29, 1.82) is 0 Å². The van der Waals surface area contributed by atoms with E-state index in [2.05, 4.69) is 16.0 Å². The van der Waals surface area contributed by atoms with Crippen LogP contribution in [-0.4, -0.2) is 36.2 Å². The summed E-state index contributed by atoms with van der Waals surface area (Å²) >= 11 is 0. The molecule has 3 N–H and O–H groups in total. The van der Waals surface area contributed by atoms with E-state index in [1.165, 1.54) is 6.92 Å². The molecule has 0 aliphatic rings. The van der Waals surface area contributed by atoms with Gasteiger partial charge < -0.3 is 16.0 Å². The van der Waals surface area contributed by atoms with E-state index in [0.29, 0.717) is 12.2 Å². The first-order valence-corrected chi connectivity index (χ1v) is 7.33. The number of carbonyl (C=O) groups is 3. The first kappa shape index (κ1) is 17.8. The van der Waals surface area contributed by atoms with Crippen LogP contribution in [0.5, 0.6) is 0 Å². The number of amides is 2. The first-order chi connectivity index (χ1) is 10.4. The number of hydrogen-bond acceptors (Lipinski definition) is 4. The molecule has 0 saturated heterocycles. The lowest BCUT2D eigenvalue weighted by Crippen LogP contribution is -2.50. The summed E-state index contributed by atoms with van der Waals surface area (Å²) in [5.74, 6) is -0.743. The van der Waals surface area contributed by atoms with Crippen molar-refractivity contribution >= 4 is 23.3 Å². The highest BCUT2D eigenvalue weighted by molar-refractivity contribution is 5.96. The normalized spacial score (nSPS) is 13.0. The van der Waals surface area contributed by atoms with Gasteiger partial charge in [0.15, 0.2) is 5.78 Å². The fourth-order valence-corrected chi connectivity index (χ4v) is 1.84. The fourth-order valence-electron chi connectivity index (χ4n) is 1.84. The molecule has 0 spiro atoms. The van der Waals surface area contributed by atoms with Crippen LogP contribution in [0.2, 0.25) is 0 Å². The second-order valence-electron chi connectivity index (χ2n) is 5.07. The number of nitrogens with one attached hydrogen (secondary N) is 3. The zero-order chi connectivity index (χ0) is 16.5. The average Bonchev–Trinajstić information content (AvgIpc) is 2.47. The first-order valence-electron chi connectivity index (χ1n) is 7.33. The van der Waals surface area contributed by atoms with Crippen LogP contribution in [-0.2, 0) is 14.4 Å². The molecular formula is C16H23N3O3. The minimum absolute atomic E-state index is 0.000801. The smallest absolute Gasteiger partial charge is 0.238 e. The summed E-state index contributed by atoms with van der Waals surface area (Å²) in [6.45, 7) is 5.43. The molecule has 0 fully saturated rings. The Morgan fingerprint density at radius 1 is 1.14 bits per heavy atom. The summed E-state index contributed by atoms with van der Waals surface area (Å²) in [6.07, 6.45) is -0.000801. The summed E-state index contributed by atoms with van der Waals surface area (Å²) in [5.41, 5.74) is 0.681. The lowest BCUT2D eigenvalue weighted by atomic mass is 10.1. The van der Waals surface area contributed by atoms with Crippen LogP contribution < -0.4 is 16.0 Å². The molecule has 22 heavy (non-hydrogen) atoms.